The number of hydrogen-bond donors (Lipinski definition) is 1. The van der Waals surface area contributed by atoms with Gasteiger partial charge in [0.2, 0.25) is 5.79 Å². The number of rotatable bonds is 14. The van der Waals surface area contributed by atoms with Gasteiger partial charge in [-0.2, -0.15) is 0 Å². The molecule has 46 heavy (non-hydrogen) atoms. The summed E-state index contributed by atoms with van der Waals surface area (Å²) in [4.78, 5) is 0. The first kappa shape index (κ1) is 32.6. The van der Waals surface area contributed by atoms with Crippen LogP contribution in [-0.4, -0.2) is 36.1 Å². The van der Waals surface area contributed by atoms with E-state index >= 15 is 0 Å². The van der Waals surface area contributed by atoms with Crippen molar-refractivity contribution < 1.29 is 24.1 Å². The van der Waals surface area contributed by atoms with Crippen molar-refractivity contribution in [3.05, 3.63) is 142 Å². The number of hydrogen-bond acceptors (Lipinski definition) is 5. The standard InChI is InChI=1S/C41H48O5/c1-4-40-29-45-41(46-40,37-23-18-30(2)36(26-37)25-33-21-19-32(20-22-33)13-11-12-24-42)39(44-28-35-16-9-6-10-17-35)38(31(40)3)43-27-34-14-7-5-8-15-34/h5-10,14-23,26,31,38-39,42H,4,11-13,24-25,27-29H2,1-3H3/t31-,38-,39+,40-,41-/m0/s1. The van der Waals surface area contributed by atoms with Crippen LogP contribution in [0.1, 0.15) is 72.1 Å². The minimum Gasteiger partial charge on any atom is -0.396 e. The van der Waals surface area contributed by atoms with Gasteiger partial charge >= 0.3 is 0 Å². The Morgan fingerprint density at radius 3 is 2.09 bits per heavy atom. The van der Waals surface area contributed by atoms with Gasteiger partial charge in [0.05, 0.1) is 25.9 Å². The third-order valence-corrected chi connectivity index (χ3v) is 10.1. The summed E-state index contributed by atoms with van der Waals surface area (Å²) in [5, 5.41) is 9.13. The molecular formula is C41H48O5. The molecule has 2 aliphatic rings. The van der Waals surface area contributed by atoms with Crippen LogP contribution >= 0.6 is 0 Å². The first-order valence-corrected chi connectivity index (χ1v) is 16.9. The SMILES string of the molecule is CC[C@@]12CO[C@@](c3ccc(C)c(Cc4ccc(CCCCO)cc4)c3)(O1)[C@H](OCc1ccccc1)[C@@H](OCc1ccccc1)[C@@H]2C. The van der Waals surface area contributed by atoms with Gasteiger partial charge in [0, 0.05) is 18.1 Å². The lowest BCUT2D eigenvalue weighted by molar-refractivity contribution is -0.333. The van der Waals surface area contributed by atoms with E-state index in [1.807, 2.05) is 24.3 Å². The van der Waals surface area contributed by atoms with Crippen LogP contribution in [0.3, 0.4) is 0 Å². The summed E-state index contributed by atoms with van der Waals surface area (Å²) in [7, 11) is 0. The number of aryl methyl sites for hydroxylation is 2. The molecule has 4 aromatic rings. The van der Waals surface area contributed by atoms with E-state index in [4.69, 9.17) is 24.1 Å². The van der Waals surface area contributed by atoms with E-state index in [0.717, 1.165) is 48.8 Å². The van der Waals surface area contributed by atoms with Crippen molar-refractivity contribution >= 4 is 0 Å². The maximum Gasteiger partial charge on any atom is 0.225 e. The van der Waals surface area contributed by atoms with Gasteiger partial charge in [0.25, 0.3) is 0 Å². The molecule has 2 bridgehead atoms. The zero-order valence-corrected chi connectivity index (χ0v) is 27.5. The van der Waals surface area contributed by atoms with Gasteiger partial charge in [-0.05, 0) is 78.5 Å². The van der Waals surface area contributed by atoms with Crippen molar-refractivity contribution in [2.45, 2.75) is 89.7 Å². The van der Waals surface area contributed by atoms with Crippen molar-refractivity contribution in [3.63, 3.8) is 0 Å². The number of aliphatic hydroxyl groups is 1. The molecule has 2 fully saturated rings. The summed E-state index contributed by atoms with van der Waals surface area (Å²) in [6, 6.07) is 36.1. The van der Waals surface area contributed by atoms with Crippen LogP contribution in [0.4, 0.5) is 0 Å². The Labute approximate surface area is 274 Å². The Balaban J connectivity index is 1.33. The molecule has 0 saturated carbocycles. The van der Waals surface area contributed by atoms with E-state index in [9.17, 15) is 0 Å². The fraction of sp³-hybridized carbons (Fsp3) is 0.415. The number of unbranched alkanes of at least 4 members (excludes halogenated alkanes) is 1. The lowest BCUT2D eigenvalue weighted by atomic mass is 9.76. The Hall–Kier alpha value is -3.32. The van der Waals surface area contributed by atoms with Crippen LogP contribution in [-0.2, 0) is 50.8 Å². The van der Waals surface area contributed by atoms with Gasteiger partial charge < -0.3 is 24.1 Å². The van der Waals surface area contributed by atoms with Gasteiger partial charge in [-0.25, -0.2) is 0 Å². The van der Waals surface area contributed by atoms with Crippen molar-refractivity contribution in [1.29, 1.82) is 0 Å². The summed E-state index contributed by atoms with van der Waals surface area (Å²) in [6.45, 7) is 8.24. The van der Waals surface area contributed by atoms with Crippen LogP contribution in [0.2, 0.25) is 0 Å². The Morgan fingerprint density at radius 1 is 0.783 bits per heavy atom. The zero-order chi connectivity index (χ0) is 32.0. The minimum absolute atomic E-state index is 0.0541. The topological polar surface area (TPSA) is 57.2 Å². The van der Waals surface area contributed by atoms with E-state index in [2.05, 4.69) is 99.6 Å². The molecule has 5 atom stereocenters. The van der Waals surface area contributed by atoms with Crippen LogP contribution in [0.5, 0.6) is 0 Å². The Morgan fingerprint density at radius 2 is 1.43 bits per heavy atom. The summed E-state index contributed by atoms with van der Waals surface area (Å²) < 4.78 is 27.7. The van der Waals surface area contributed by atoms with Crippen molar-refractivity contribution in [2.24, 2.45) is 5.92 Å². The van der Waals surface area contributed by atoms with Crippen molar-refractivity contribution in [2.75, 3.05) is 13.2 Å². The normalized spacial score (nSPS) is 25.5. The molecule has 0 aliphatic carbocycles. The highest BCUT2D eigenvalue weighted by Gasteiger charge is 2.66. The molecule has 5 heteroatoms. The molecule has 2 aliphatic heterocycles. The molecule has 5 nitrogen and oxygen atoms in total. The van der Waals surface area contributed by atoms with Crippen molar-refractivity contribution in [3.8, 4) is 0 Å². The molecule has 4 aromatic carbocycles. The third kappa shape index (κ3) is 6.85. The molecule has 0 unspecified atom stereocenters. The number of ether oxygens (including phenoxy) is 4. The Kier molecular flexibility index (Phi) is 10.4. The number of fused-ring (bicyclic) bond motifs is 2. The van der Waals surface area contributed by atoms with Gasteiger partial charge in [0.15, 0.2) is 0 Å². The molecule has 2 saturated heterocycles. The van der Waals surface area contributed by atoms with Crippen LogP contribution in [0, 0.1) is 12.8 Å². The van der Waals surface area contributed by atoms with Crippen LogP contribution < -0.4 is 0 Å². The third-order valence-electron chi connectivity index (χ3n) is 10.1. The summed E-state index contributed by atoms with van der Waals surface area (Å²) in [6.07, 6.45) is 3.72. The smallest absolute Gasteiger partial charge is 0.225 e. The van der Waals surface area contributed by atoms with Crippen molar-refractivity contribution in [1.82, 2.24) is 0 Å². The van der Waals surface area contributed by atoms with E-state index in [1.165, 1.54) is 22.3 Å². The summed E-state index contributed by atoms with van der Waals surface area (Å²) in [5.74, 6) is -1.05. The highest BCUT2D eigenvalue weighted by molar-refractivity contribution is 5.39. The Bertz CT molecular complexity index is 1540. The number of benzene rings is 4. The van der Waals surface area contributed by atoms with Gasteiger partial charge in [-0.15, -0.1) is 0 Å². The fourth-order valence-electron chi connectivity index (χ4n) is 7.06. The monoisotopic (exact) mass is 620 g/mol. The minimum atomic E-state index is -1.10. The maximum absolute atomic E-state index is 9.13. The largest absolute Gasteiger partial charge is 0.396 e. The molecule has 0 spiro atoms. The second-order valence-corrected chi connectivity index (χ2v) is 13.1. The summed E-state index contributed by atoms with van der Waals surface area (Å²) >= 11 is 0. The second kappa shape index (κ2) is 14.6. The predicted molar refractivity (Wildman–Crippen MR) is 181 cm³/mol. The molecular weight excluding hydrogens is 572 g/mol. The molecule has 0 aromatic heterocycles. The van der Waals surface area contributed by atoms with E-state index in [0.29, 0.717) is 19.8 Å². The average molecular weight is 621 g/mol. The second-order valence-electron chi connectivity index (χ2n) is 13.1. The van der Waals surface area contributed by atoms with E-state index < -0.39 is 17.5 Å². The van der Waals surface area contributed by atoms with E-state index in [-0.39, 0.29) is 18.6 Å². The number of aliphatic hydroxyl groups excluding tert-OH is 1. The van der Waals surface area contributed by atoms with Crippen LogP contribution in [0.25, 0.3) is 0 Å². The lowest BCUT2D eigenvalue weighted by Crippen LogP contribution is -2.62. The first-order valence-electron chi connectivity index (χ1n) is 16.9. The quantitative estimate of drug-likeness (QED) is 0.145. The highest BCUT2D eigenvalue weighted by Crippen LogP contribution is 2.55. The average Bonchev–Trinajstić information content (AvgIpc) is 3.47. The summed E-state index contributed by atoms with van der Waals surface area (Å²) in [5.41, 5.74) is 7.76. The van der Waals surface area contributed by atoms with Gasteiger partial charge in [0.1, 0.15) is 11.7 Å². The highest BCUT2D eigenvalue weighted by atomic mass is 16.8. The molecule has 0 radical (unpaired) electrons. The first-order chi connectivity index (χ1) is 22.5. The predicted octanol–water partition coefficient (Wildman–Crippen LogP) is 8.07. The van der Waals surface area contributed by atoms with E-state index in [1.54, 1.807) is 0 Å². The zero-order valence-electron chi connectivity index (χ0n) is 27.5. The lowest BCUT2D eigenvalue weighted by Gasteiger charge is -2.50. The fourth-order valence-corrected chi connectivity index (χ4v) is 7.06. The van der Waals surface area contributed by atoms with Gasteiger partial charge in [-0.3, -0.25) is 0 Å². The van der Waals surface area contributed by atoms with Crippen LogP contribution in [0.15, 0.2) is 103 Å². The molecule has 6 rings (SSSR count). The maximum atomic E-state index is 9.13. The molecule has 1 N–H and O–H groups in total. The van der Waals surface area contributed by atoms with Gasteiger partial charge in [-0.1, -0.05) is 111 Å². The molecule has 2 heterocycles. The molecule has 0 amide bonds. The molecule has 242 valence electrons.